The van der Waals surface area contributed by atoms with Crippen molar-refractivity contribution in [1.82, 2.24) is 4.57 Å². The first-order valence-electron chi connectivity index (χ1n) is 7.67. The number of aliphatic hydroxyl groups excluding tert-OH is 1. The third-order valence-electron chi connectivity index (χ3n) is 4.11. The summed E-state index contributed by atoms with van der Waals surface area (Å²) in [6.07, 6.45) is 1.78. The van der Waals surface area contributed by atoms with Crippen LogP contribution in [0.3, 0.4) is 0 Å². The van der Waals surface area contributed by atoms with Crippen LogP contribution < -0.4 is 14.2 Å². The van der Waals surface area contributed by atoms with E-state index >= 15 is 0 Å². The molecule has 0 aliphatic rings. The maximum Gasteiger partial charge on any atom is 0.203 e. The van der Waals surface area contributed by atoms with Crippen LogP contribution in [0.1, 0.15) is 15.9 Å². The van der Waals surface area contributed by atoms with E-state index in [1.54, 1.807) is 35.0 Å². The summed E-state index contributed by atoms with van der Waals surface area (Å²) in [6, 6.07) is 10.5. The normalized spacial score (nSPS) is 10.7. The van der Waals surface area contributed by atoms with Gasteiger partial charge in [0.1, 0.15) is 6.73 Å². The number of nitrogens with zero attached hydrogens (tertiary/aromatic N) is 1. The highest BCUT2D eigenvalue weighted by atomic mass is 16.5. The Bertz CT molecular complexity index is 904. The number of ether oxygens (including phenoxy) is 3. The summed E-state index contributed by atoms with van der Waals surface area (Å²) >= 11 is 0. The van der Waals surface area contributed by atoms with E-state index in [1.807, 2.05) is 12.1 Å². The van der Waals surface area contributed by atoms with Crippen molar-refractivity contribution in [3.05, 3.63) is 53.7 Å². The first-order chi connectivity index (χ1) is 12.1. The van der Waals surface area contributed by atoms with Crippen molar-refractivity contribution >= 4 is 16.7 Å². The molecule has 3 aromatic rings. The molecule has 1 N–H and O–H groups in total. The highest BCUT2D eigenvalue weighted by molar-refractivity contribution is 6.11. The second kappa shape index (κ2) is 6.86. The van der Waals surface area contributed by atoms with Crippen molar-refractivity contribution in [2.45, 2.75) is 6.73 Å². The fourth-order valence-corrected chi connectivity index (χ4v) is 2.84. The highest BCUT2D eigenvalue weighted by Crippen LogP contribution is 2.38. The molecule has 0 amide bonds. The minimum atomic E-state index is -0.155. The number of aromatic nitrogens is 1. The molecule has 0 atom stereocenters. The molecule has 0 aliphatic carbocycles. The third-order valence-corrected chi connectivity index (χ3v) is 4.11. The maximum absolute atomic E-state index is 12.9. The zero-order chi connectivity index (χ0) is 18.0. The Kier molecular flexibility index (Phi) is 4.63. The van der Waals surface area contributed by atoms with Crippen LogP contribution in [0.15, 0.2) is 42.6 Å². The van der Waals surface area contributed by atoms with Gasteiger partial charge in [-0.25, -0.2) is 0 Å². The Hall–Kier alpha value is -2.99. The molecule has 3 rings (SSSR count). The lowest BCUT2D eigenvalue weighted by atomic mass is 10.0. The third kappa shape index (κ3) is 2.92. The van der Waals surface area contributed by atoms with Crippen molar-refractivity contribution in [2.24, 2.45) is 0 Å². The zero-order valence-corrected chi connectivity index (χ0v) is 14.3. The van der Waals surface area contributed by atoms with Crippen LogP contribution in [0.2, 0.25) is 0 Å². The van der Waals surface area contributed by atoms with Crippen LogP contribution in [0.4, 0.5) is 0 Å². The van der Waals surface area contributed by atoms with Gasteiger partial charge in [-0.15, -0.1) is 0 Å². The monoisotopic (exact) mass is 341 g/mol. The van der Waals surface area contributed by atoms with Gasteiger partial charge in [-0.05, 0) is 36.4 Å². The smallest absolute Gasteiger partial charge is 0.203 e. The summed E-state index contributed by atoms with van der Waals surface area (Å²) in [5, 5.41) is 10.2. The van der Waals surface area contributed by atoms with E-state index in [0.717, 1.165) is 10.9 Å². The molecule has 0 aliphatic heterocycles. The molecule has 0 fully saturated rings. The number of carbonyl (C=O) groups is 1. The molecule has 1 aromatic heterocycles. The van der Waals surface area contributed by atoms with Crippen LogP contribution in [0, 0.1) is 0 Å². The van der Waals surface area contributed by atoms with Gasteiger partial charge in [-0.3, -0.25) is 4.79 Å². The number of carbonyl (C=O) groups excluding carboxylic acids is 1. The number of hydrogen-bond donors (Lipinski definition) is 1. The highest BCUT2D eigenvalue weighted by Gasteiger charge is 2.18. The number of rotatable bonds is 6. The number of benzene rings is 2. The topological polar surface area (TPSA) is 69.9 Å². The largest absolute Gasteiger partial charge is 0.493 e. The summed E-state index contributed by atoms with van der Waals surface area (Å²) in [5.74, 6) is 1.14. The van der Waals surface area contributed by atoms with Crippen LogP contribution >= 0.6 is 0 Å². The second-order valence-corrected chi connectivity index (χ2v) is 5.44. The van der Waals surface area contributed by atoms with E-state index in [1.165, 1.54) is 21.3 Å². The minimum absolute atomic E-state index is 0.107. The van der Waals surface area contributed by atoms with E-state index in [4.69, 9.17) is 14.2 Å². The fraction of sp³-hybridized carbons (Fsp3) is 0.211. The number of fused-ring (bicyclic) bond motifs is 1. The van der Waals surface area contributed by atoms with E-state index in [-0.39, 0.29) is 12.5 Å². The summed E-state index contributed by atoms with van der Waals surface area (Å²) in [4.78, 5) is 12.9. The Morgan fingerprint density at radius 3 is 2.20 bits per heavy atom. The van der Waals surface area contributed by atoms with Gasteiger partial charge in [0.15, 0.2) is 17.3 Å². The average molecular weight is 341 g/mol. The lowest BCUT2D eigenvalue weighted by Crippen LogP contribution is -2.04. The van der Waals surface area contributed by atoms with Crippen LogP contribution in [-0.4, -0.2) is 36.8 Å². The molecule has 25 heavy (non-hydrogen) atoms. The van der Waals surface area contributed by atoms with Gasteiger partial charge in [0, 0.05) is 22.7 Å². The molecular weight excluding hydrogens is 322 g/mol. The maximum atomic E-state index is 12.9. The molecule has 0 unspecified atom stereocenters. The SMILES string of the molecule is COc1cc(C(=O)c2ccc3c(ccn3CO)c2)cc(OC)c1OC. The Balaban J connectivity index is 2.05. The molecule has 0 saturated carbocycles. The zero-order valence-electron chi connectivity index (χ0n) is 14.3. The number of hydrogen-bond acceptors (Lipinski definition) is 5. The van der Waals surface area contributed by atoms with Gasteiger partial charge in [0.05, 0.1) is 26.8 Å². The molecule has 0 radical (unpaired) electrons. The van der Waals surface area contributed by atoms with E-state index < -0.39 is 0 Å². The molecule has 6 heteroatoms. The van der Waals surface area contributed by atoms with Crippen molar-refractivity contribution < 1.29 is 24.1 Å². The summed E-state index contributed by atoms with van der Waals surface area (Å²) in [5.41, 5.74) is 1.84. The van der Waals surface area contributed by atoms with Gasteiger partial charge < -0.3 is 23.9 Å². The molecule has 0 saturated heterocycles. The molecular formula is C19H19NO5. The van der Waals surface area contributed by atoms with Crippen molar-refractivity contribution in [1.29, 1.82) is 0 Å². The first-order valence-corrected chi connectivity index (χ1v) is 7.67. The first kappa shape index (κ1) is 16.9. The lowest BCUT2D eigenvalue weighted by Gasteiger charge is -2.13. The van der Waals surface area contributed by atoms with Crippen molar-refractivity contribution in [3.8, 4) is 17.2 Å². The standard InChI is InChI=1S/C19H19NO5/c1-23-16-9-14(10-17(24-2)19(16)25-3)18(22)13-4-5-15-12(8-13)6-7-20(15)11-21/h4-10,21H,11H2,1-3H3. The van der Waals surface area contributed by atoms with Crippen LogP contribution in [0.25, 0.3) is 10.9 Å². The molecule has 130 valence electrons. The summed E-state index contributed by atoms with van der Waals surface area (Å²) < 4.78 is 17.6. The molecule has 1 heterocycles. The van der Waals surface area contributed by atoms with Crippen molar-refractivity contribution in [2.75, 3.05) is 21.3 Å². The van der Waals surface area contributed by atoms with Gasteiger partial charge in [-0.1, -0.05) is 0 Å². The quantitative estimate of drug-likeness (QED) is 0.698. The summed E-state index contributed by atoms with van der Waals surface area (Å²) in [6.45, 7) is -0.107. The molecule has 6 nitrogen and oxygen atoms in total. The Labute approximate surface area is 145 Å². The Morgan fingerprint density at radius 2 is 1.64 bits per heavy atom. The van der Waals surface area contributed by atoms with E-state index in [0.29, 0.717) is 28.4 Å². The molecule has 2 aromatic carbocycles. The van der Waals surface area contributed by atoms with Crippen molar-refractivity contribution in [3.63, 3.8) is 0 Å². The lowest BCUT2D eigenvalue weighted by molar-refractivity contribution is 0.103. The minimum Gasteiger partial charge on any atom is -0.493 e. The van der Waals surface area contributed by atoms with E-state index in [9.17, 15) is 9.90 Å². The average Bonchev–Trinajstić information content (AvgIpc) is 3.08. The van der Waals surface area contributed by atoms with Gasteiger partial charge >= 0.3 is 0 Å². The van der Waals surface area contributed by atoms with Gasteiger partial charge in [0.2, 0.25) is 5.75 Å². The molecule has 0 bridgehead atoms. The van der Waals surface area contributed by atoms with E-state index in [2.05, 4.69) is 0 Å². The predicted octanol–water partition coefficient (Wildman–Crippen LogP) is 2.85. The van der Waals surface area contributed by atoms with Gasteiger partial charge in [-0.2, -0.15) is 0 Å². The number of methoxy groups -OCH3 is 3. The predicted molar refractivity (Wildman–Crippen MR) is 93.7 cm³/mol. The molecule has 0 spiro atoms. The van der Waals surface area contributed by atoms with Gasteiger partial charge in [0.25, 0.3) is 0 Å². The second-order valence-electron chi connectivity index (χ2n) is 5.44. The number of aliphatic hydroxyl groups is 1. The Morgan fingerprint density at radius 1 is 0.960 bits per heavy atom. The summed E-state index contributed by atoms with van der Waals surface area (Å²) in [7, 11) is 4.53. The number of ketones is 1. The fourth-order valence-electron chi connectivity index (χ4n) is 2.84. The van der Waals surface area contributed by atoms with Crippen LogP contribution in [0.5, 0.6) is 17.2 Å². The van der Waals surface area contributed by atoms with Crippen LogP contribution in [-0.2, 0) is 6.73 Å².